The van der Waals surface area contributed by atoms with Gasteiger partial charge in [-0.25, -0.2) is 18.0 Å². The van der Waals surface area contributed by atoms with E-state index in [9.17, 15) is 22.4 Å². The van der Waals surface area contributed by atoms with Crippen LogP contribution in [0.4, 0.5) is 26.7 Å². The van der Waals surface area contributed by atoms with Crippen molar-refractivity contribution in [2.75, 3.05) is 6.61 Å². The third-order valence-corrected chi connectivity index (χ3v) is 7.45. The summed E-state index contributed by atoms with van der Waals surface area (Å²) >= 11 is 6.14. The molecule has 0 bridgehead atoms. The molecule has 3 N–H and O–H groups in total. The molecule has 4 rings (SSSR count). The van der Waals surface area contributed by atoms with E-state index in [1.165, 1.54) is 18.3 Å². The second-order valence-electron chi connectivity index (χ2n) is 9.73. The van der Waals surface area contributed by atoms with Gasteiger partial charge in [-0.2, -0.15) is 8.78 Å². The number of ether oxygens (including phenoxy) is 1. The highest BCUT2D eigenvalue weighted by Crippen LogP contribution is 2.52. The van der Waals surface area contributed by atoms with Crippen molar-refractivity contribution in [3.63, 3.8) is 0 Å². The number of nitrogens with two attached hydrogens (primary N) is 1. The number of pyridine rings is 1. The number of nitrogens with zero attached hydrogens (tertiary/aromatic N) is 1. The highest BCUT2D eigenvalue weighted by molar-refractivity contribution is 6.30. The van der Waals surface area contributed by atoms with Crippen molar-refractivity contribution in [1.82, 2.24) is 10.3 Å². The summed E-state index contributed by atoms with van der Waals surface area (Å²) in [5, 5.41) is 3.26. The van der Waals surface area contributed by atoms with E-state index >= 15 is 4.39 Å². The number of carbonyl (C=O) groups is 1. The topological polar surface area (TPSA) is 77.2 Å². The Morgan fingerprint density at radius 2 is 1.79 bits per heavy atom. The van der Waals surface area contributed by atoms with Crippen LogP contribution in [0.5, 0.6) is 5.75 Å². The largest absolute Gasteiger partial charge is 0.487 e. The molecule has 0 aliphatic heterocycles. The number of rotatable bonds is 10. The number of alkyl halides is 4. The van der Waals surface area contributed by atoms with Gasteiger partial charge in [0.1, 0.15) is 11.6 Å². The van der Waals surface area contributed by atoms with Gasteiger partial charge < -0.3 is 15.8 Å². The minimum Gasteiger partial charge on any atom is -0.487 e. The third kappa shape index (κ3) is 5.95. The Balaban J connectivity index is 1.98. The quantitative estimate of drug-likeness (QED) is 0.269. The normalized spacial score (nSPS) is 16.6. The number of aromatic nitrogens is 1. The lowest BCUT2D eigenvalue weighted by molar-refractivity contribution is -0.148. The zero-order chi connectivity index (χ0) is 28.3. The van der Waals surface area contributed by atoms with Crippen LogP contribution in [0, 0.1) is 5.82 Å². The van der Waals surface area contributed by atoms with Crippen LogP contribution in [0.3, 0.4) is 0 Å². The first kappa shape index (κ1) is 28.6. The standard InChI is InChI=1S/C28H27ClF5N3O2/c29-20-8-9-23(36-16-20)27(15-18-6-2-1-3-7-18,26(37-25(35)38)10-4-5-11-26)19-12-21(30)14-22(13-19)39-17-28(33,34)24(31)32/h1-3,6-9,12-14,16,24H,4-5,10-11,15,17H2,(H3,35,37,38). The zero-order valence-electron chi connectivity index (χ0n) is 20.8. The molecular weight excluding hydrogens is 541 g/mol. The van der Waals surface area contributed by atoms with E-state index in [1.54, 1.807) is 12.1 Å². The summed E-state index contributed by atoms with van der Waals surface area (Å²) in [5.74, 6) is -5.66. The lowest BCUT2D eigenvalue weighted by Crippen LogP contribution is -2.63. The molecule has 0 saturated heterocycles. The monoisotopic (exact) mass is 567 g/mol. The Kier molecular flexibility index (Phi) is 8.34. The van der Waals surface area contributed by atoms with Crippen molar-refractivity contribution in [2.24, 2.45) is 5.73 Å². The van der Waals surface area contributed by atoms with Crippen LogP contribution in [-0.2, 0) is 11.8 Å². The Morgan fingerprint density at radius 1 is 1.10 bits per heavy atom. The molecule has 1 unspecified atom stereocenters. The summed E-state index contributed by atoms with van der Waals surface area (Å²) in [6.07, 6.45) is -0.0233. The molecule has 39 heavy (non-hydrogen) atoms. The summed E-state index contributed by atoms with van der Waals surface area (Å²) in [6, 6.07) is 15.0. The molecule has 5 nitrogen and oxygen atoms in total. The fourth-order valence-corrected chi connectivity index (χ4v) is 5.68. The predicted molar refractivity (Wildman–Crippen MR) is 137 cm³/mol. The van der Waals surface area contributed by atoms with E-state index in [0.29, 0.717) is 36.4 Å². The first-order chi connectivity index (χ1) is 18.5. The van der Waals surface area contributed by atoms with Crippen LogP contribution in [0.1, 0.15) is 42.5 Å². The molecule has 1 saturated carbocycles. The second kappa shape index (κ2) is 11.4. The van der Waals surface area contributed by atoms with E-state index in [4.69, 9.17) is 22.1 Å². The summed E-state index contributed by atoms with van der Waals surface area (Å²) in [7, 11) is 0. The number of benzene rings is 2. The van der Waals surface area contributed by atoms with Gasteiger partial charge >= 0.3 is 18.4 Å². The molecule has 1 atom stereocenters. The molecule has 1 aromatic heterocycles. The van der Waals surface area contributed by atoms with E-state index in [2.05, 4.69) is 10.3 Å². The average Bonchev–Trinajstić information content (AvgIpc) is 3.36. The SMILES string of the molecule is NC(=O)NC1(C(Cc2ccccc2)(c2cc(F)cc(OCC(F)(F)C(F)F)c2)c2ccc(Cl)cn2)CCCC1. The maximum Gasteiger partial charge on any atom is 0.340 e. The van der Waals surface area contributed by atoms with Crippen molar-refractivity contribution in [1.29, 1.82) is 0 Å². The first-order valence-electron chi connectivity index (χ1n) is 12.3. The number of nitrogens with one attached hydrogen (secondary N) is 1. The lowest BCUT2D eigenvalue weighted by Gasteiger charge is -2.49. The third-order valence-electron chi connectivity index (χ3n) is 7.23. The summed E-state index contributed by atoms with van der Waals surface area (Å²) in [4.78, 5) is 17.0. The van der Waals surface area contributed by atoms with Gasteiger partial charge in [0.05, 0.1) is 21.7 Å². The van der Waals surface area contributed by atoms with Crippen LogP contribution in [0.15, 0.2) is 66.9 Å². The van der Waals surface area contributed by atoms with Gasteiger partial charge in [0, 0.05) is 12.3 Å². The molecule has 0 radical (unpaired) electrons. The minimum absolute atomic E-state index is 0.193. The average molecular weight is 568 g/mol. The Morgan fingerprint density at radius 3 is 2.38 bits per heavy atom. The number of primary amides is 1. The lowest BCUT2D eigenvalue weighted by atomic mass is 9.59. The fraction of sp³-hybridized carbons (Fsp3) is 0.357. The van der Waals surface area contributed by atoms with Gasteiger partial charge in [0.25, 0.3) is 0 Å². The van der Waals surface area contributed by atoms with Gasteiger partial charge in [0.15, 0.2) is 6.61 Å². The molecule has 0 spiro atoms. The Bertz CT molecular complexity index is 1290. The molecule has 1 heterocycles. The van der Waals surface area contributed by atoms with Crippen LogP contribution >= 0.6 is 11.6 Å². The minimum atomic E-state index is -4.44. The van der Waals surface area contributed by atoms with Crippen LogP contribution in [-0.4, -0.2) is 35.5 Å². The Hall–Kier alpha value is -3.40. The van der Waals surface area contributed by atoms with Crippen LogP contribution in [0.2, 0.25) is 5.02 Å². The van der Waals surface area contributed by atoms with E-state index in [1.807, 2.05) is 30.3 Å². The fourth-order valence-electron chi connectivity index (χ4n) is 5.57. The number of carbonyl (C=O) groups excluding carboxylic acids is 1. The summed E-state index contributed by atoms with van der Waals surface area (Å²) < 4.78 is 73.0. The number of amides is 2. The molecule has 1 aliphatic rings. The van der Waals surface area contributed by atoms with Crippen molar-refractivity contribution >= 4 is 17.6 Å². The maximum absolute atomic E-state index is 15.2. The Labute approximate surface area is 227 Å². The van der Waals surface area contributed by atoms with Crippen molar-refractivity contribution in [3.8, 4) is 5.75 Å². The molecule has 1 aliphatic carbocycles. The molecule has 208 valence electrons. The zero-order valence-corrected chi connectivity index (χ0v) is 21.5. The molecular formula is C28H27ClF5N3O2. The highest BCUT2D eigenvalue weighted by Gasteiger charge is 2.56. The van der Waals surface area contributed by atoms with E-state index in [0.717, 1.165) is 11.6 Å². The second-order valence-corrected chi connectivity index (χ2v) is 10.2. The van der Waals surface area contributed by atoms with E-state index in [-0.39, 0.29) is 17.7 Å². The van der Waals surface area contributed by atoms with E-state index < -0.39 is 41.8 Å². The smallest absolute Gasteiger partial charge is 0.340 e. The van der Waals surface area contributed by atoms with Crippen LogP contribution < -0.4 is 15.8 Å². The highest BCUT2D eigenvalue weighted by atomic mass is 35.5. The predicted octanol–water partition coefficient (Wildman–Crippen LogP) is 6.66. The van der Waals surface area contributed by atoms with Gasteiger partial charge in [-0.05, 0) is 54.7 Å². The van der Waals surface area contributed by atoms with Gasteiger partial charge in [-0.3, -0.25) is 4.98 Å². The van der Waals surface area contributed by atoms with Gasteiger partial charge in [-0.1, -0.05) is 54.8 Å². The molecule has 1 fully saturated rings. The van der Waals surface area contributed by atoms with Crippen molar-refractivity contribution in [2.45, 2.75) is 55.4 Å². The van der Waals surface area contributed by atoms with Gasteiger partial charge in [0.2, 0.25) is 0 Å². The molecule has 2 aromatic carbocycles. The maximum atomic E-state index is 15.2. The molecule has 11 heteroatoms. The first-order valence-corrected chi connectivity index (χ1v) is 12.7. The number of urea groups is 1. The number of halogens is 6. The van der Waals surface area contributed by atoms with Gasteiger partial charge in [-0.15, -0.1) is 0 Å². The van der Waals surface area contributed by atoms with Crippen LogP contribution in [0.25, 0.3) is 0 Å². The molecule has 2 amide bonds. The number of hydrogen-bond acceptors (Lipinski definition) is 3. The van der Waals surface area contributed by atoms with Crippen molar-refractivity contribution < 1.29 is 31.5 Å². The number of hydrogen-bond donors (Lipinski definition) is 2. The van der Waals surface area contributed by atoms with Crippen molar-refractivity contribution in [3.05, 3.63) is 94.5 Å². The summed E-state index contributed by atoms with van der Waals surface area (Å²) in [5.41, 5.74) is 4.76. The molecule has 3 aromatic rings. The summed E-state index contributed by atoms with van der Waals surface area (Å²) in [6.45, 7) is -1.65.